The lowest BCUT2D eigenvalue weighted by molar-refractivity contribution is -0.119. The summed E-state index contributed by atoms with van der Waals surface area (Å²) in [5, 5.41) is 13.2. The van der Waals surface area contributed by atoms with Gasteiger partial charge in [0.1, 0.15) is 12.1 Å². The average Bonchev–Trinajstić information content (AvgIpc) is 3.14. The number of anilines is 1. The van der Waals surface area contributed by atoms with Crippen LogP contribution in [0.15, 0.2) is 54.9 Å². The summed E-state index contributed by atoms with van der Waals surface area (Å²) < 4.78 is 19.4. The molecule has 1 heterocycles. The molecule has 9 heteroatoms. The van der Waals surface area contributed by atoms with E-state index < -0.39 is 24.3 Å². The highest BCUT2D eigenvalue weighted by Gasteiger charge is 2.11. The average molecular weight is 341 g/mol. The van der Waals surface area contributed by atoms with Crippen LogP contribution in [0.4, 0.5) is 10.1 Å². The third kappa shape index (κ3) is 4.22. The van der Waals surface area contributed by atoms with E-state index in [4.69, 9.17) is 4.74 Å². The van der Waals surface area contributed by atoms with Crippen LogP contribution in [0.25, 0.3) is 5.69 Å². The fraction of sp³-hybridized carbons (Fsp3) is 0.0625. The minimum atomic E-state index is -0.655. The number of carbonyl (C=O) groups is 2. The van der Waals surface area contributed by atoms with Gasteiger partial charge in [0.25, 0.3) is 5.91 Å². The third-order valence-electron chi connectivity index (χ3n) is 3.16. The molecule has 1 aromatic heterocycles. The Morgan fingerprint density at radius 2 is 1.96 bits per heavy atom. The fourth-order valence-electron chi connectivity index (χ4n) is 2.01. The van der Waals surface area contributed by atoms with Crippen LogP contribution in [0.3, 0.4) is 0 Å². The Kier molecular flexibility index (Phi) is 4.74. The quantitative estimate of drug-likeness (QED) is 0.708. The maximum atomic E-state index is 13.0. The van der Waals surface area contributed by atoms with Gasteiger partial charge in [-0.25, -0.2) is 13.9 Å². The summed E-state index contributed by atoms with van der Waals surface area (Å²) in [5.74, 6) is -1.70. The van der Waals surface area contributed by atoms with Crippen molar-refractivity contribution in [2.45, 2.75) is 0 Å². The van der Waals surface area contributed by atoms with E-state index in [-0.39, 0.29) is 11.3 Å². The molecule has 0 unspecified atom stereocenters. The molecular formula is C16H12FN5O3. The standard InChI is InChI=1S/C16H12FN5O3/c17-12-2-1-3-13(8-12)19-15(23)9-25-16(24)11-4-6-14(7-5-11)22-10-18-20-21-22/h1-8,10H,9H2,(H,19,23). The first-order chi connectivity index (χ1) is 12.1. The van der Waals surface area contributed by atoms with Crippen LogP contribution in [-0.2, 0) is 9.53 Å². The summed E-state index contributed by atoms with van der Waals surface area (Å²) in [6.07, 6.45) is 1.42. The minimum absolute atomic E-state index is 0.274. The van der Waals surface area contributed by atoms with Crippen LogP contribution >= 0.6 is 0 Å². The van der Waals surface area contributed by atoms with Crippen molar-refractivity contribution < 1.29 is 18.7 Å². The molecule has 3 rings (SSSR count). The van der Waals surface area contributed by atoms with Gasteiger partial charge in [0, 0.05) is 5.69 Å². The molecule has 25 heavy (non-hydrogen) atoms. The van der Waals surface area contributed by atoms with Crippen LogP contribution in [0.5, 0.6) is 0 Å². The monoisotopic (exact) mass is 341 g/mol. The number of esters is 1. The smallest absolute Gasteiger partial charge is 0.338 e. The van der Waals surface area contributed by atoms with Crippen molar-refractivity contribution in [1.82, 2.24) is 20.2 Å². The van der Waals surface area contributed by atoms with Gasteiger partial charge in [0.15, 0.2) is 6.61 Å². The van der Waals surface area contributed by atoms with Crippen LogP contribution in [0.2, 0.25) is 0 Å². The van der Waals surface area contributed by atoms with Gasteiger partial charge in [0.2, 0.25) is 0 Å². The summed E-state index contributed by atoms with van der Waals surface area (Å²) in [7, 11) is 0. The molecule has 0 radical (unpaired) electrons. The Morgan fingerprint density at radius 3 is 2.64 bits per heavy atom. The normalized spacial score (nSPS) is 10.3. The highest BCUT2D eigenvalue weighted by Crippen LogP contribution is 2.10. The molecule has 0 fully saturated rings. The Bertz CT molecular complexity index is 881. The molecule has 1 amide bonds. The Balaban J connectivity index is 1.54. The van der Waals surface area contributed by atoms with E-state index in [9.17, 15) is 14.0 Å². The molecule has 0 aliphatic rings. The predicted molar refractivity (Wildman–Crippen MR) is 84.5 cm³/mol. The molecule has 0 saturated carbocycles. The fourth-order valence-corrected chi connectivity index (χ4v) is 2.01. The zero-order valence-corrected chi connectivity index (χ0v) is 12.8. The van der Waals surface area contributed by atoms with Crippen molar-refractivity contribution in [3.05, 3.63) is 66.2 Å². The van der Waals surface area contributed by atoms with E-state index in [1.165, 1.54) is 41.3 Å². The van der Waals surface area contributed by atoms with Gasteiger partial charge in [-0.05, 0) is 52.9 Å². The first-order valence-corrected chi connectivity index (χ1v) is 7.18. The number of amides is 1. The van der Waals surface area contributed by atoms with E-state index in [0.717, 1.165) is 6.07 Å². The molecule has 8 nitrogen and oxygen atoms in total. The molecule has 1 N–H and O–H groups in total. The maximum absolute atomic E-state index is 13.0. The summed E-state index contributed by atoms with van der Waals surface area (Å²) in [6, 6.07) is 11.8. The SMILES string of the molecule is O=C(COC(=O)c1ccc(-n2cnnn2)cc1)Nc1cccc(F)c1. The van der Waals surface area contributed by atoms with E-state index in [2.05, 4.69) is 20.8 Å². The lowest BCUT2D eigenvalue weighted by atomic mass is 10.2. The minimum Gasteiger partial charge on any atom is -0.452 e. The zero-order valence-electron chi connectivity index (χ0n) is 12.8. The highest BCUT2D eigenvalue weighted by atomic mass is 19.1. The number of nitrogens with zero attached hydrogens (tertiary/aromatic N) is 4. The second kappa shape index (κ2) is 7.30. The molecule has 3 aromatic rings. The highest BCUT2D eigenvalue weighted by molar-refractivity contribution is 5.95. The van der Waals surface area contributed by atoms with Crippen molar-refractivity contribution >= 4 is 17.6 Å². The van der Waals surface area contributed by atoms with E-state index in [1.807, 2.05) is 0 Å². The van der Waals surface area contributed by atoms with Gasteiger partial charge in [-0.2, -0.15) is 0 Å². The number of hydrogen-bond acceptors (Lipinski definition) is 6. The van der Waals surface area contributed by atoms with Gasteiger partial charge >= 0.3 is 5.97 Å². The molecular weight excluding hydrogens is 329 g/mol. The van der Waals surface area contributed by atoms with Gasteiger partial charge in [-0.15, -0.1) is 5.10 Å². The zero-order chi connectivity index (χ0) is 17.6. The van der Waals surface area contributed by atoms with Gasteiger partial charge in [-0.3, -0.25) is 4.79 Å². The first kappa shape index (κ1) is 16.2. The second-order valence-corrected chi connectivity index (χ2v) is 4.94. The number of rotatable bonds is 5. The number of halogens is 1. The van der Waals surface area contributed by atoms with Crippen LogP contribution in [-0.4, -0.2) is 38.7 Å². The van der Waals surface area contributed by atoms with E-state index >= 15 is 0 Å². The van der Waals surface area contributed by atoms with Gasteiger partial charge in [0.05, 0.1) is 11.3 Å². The Hall–Kier alpha value is -3.62. The lowest BCUT2D eigenvalue weighted by Gasteiger charge is -2.07. The molecule has 0 atom stereocenters. The molecule has 2 aromatic carbocycles. The van der Waals surface area contributed by atoms with Crippen molar-refractivity contribution in [2.24, 2.45) is 0 Å². The summed E-state index contributed by atoms with van der Waals surface area (Å²) in [5.41, 5.74) is 1.23. The number of hydrogen-bond donors (Lipinski definition) is 1. The summed E-state index contributed by atoms with van der Waals surface area (Å²) >= 11 is 0. The number of benzene rings is 2. The van der Waals surface area contributed by atoms with Gasteiger partial charge < -0.3 is 10.1 Å². The Labute approximate surface area is 141 Å². The molecule has 0 bridgehead atoms. The third-order valence-corrected chi connectivity index (χ3v) is 3.16. The topological polar surface area (TPSA) is 99.0 Å². The van der Waals surface area contributed by atoms with Crippen LogP contribution in [0, 0.1) is 5.82 Å². The molecule has 0 saturated heterocycles. The van der Waals surface area contributed by atoms with Crippen molar-refractivity contribution in [3.8, 4) is 5.69 Å². The van der Waals surface area contributed by atoms with Crippen LogP contribution in [0.1, 0.15) is 10.4 Å². The van der Waals surface area contributed by atoms with Crippen LogP contribution < -0.4 is 5.32 Å². The number of carbonyl (C=O) groups excluding carboxylic acids is 2. The lowest BCUT2D eigenvalue weighted by Crippen LogP contribution is -2.21. The maximum Gasteiger partial charge on any atom is 0.338 e. The molecule has 126 valence electrons. The molecule has 0 aliphatic heterocycles. The summed E-state index contributed by atoms with van der Waals surface area (Å²) in [4.78, 5) is 23.7. The van der Waals surface area contributed by atoms with E-state index in [1.54, 1.807) is 12.1 Å². The number of ether oxygens (including phenoxy) is 1. The van der Waals surface area contributed by atoms with Crippen molar-refractivity contribution in [3.63, 3.8) is 0 Å². The Morgan fingerprint density at radius 1 is 1.16 bits per heavy atom. The number of nitrogens with one attached hydrogen (secondary N) is 1. The largest absolute Gasteiger partial charge is 0.452 e. The van der Waals surface area contributed by atoms with Gasteiger partial charge in [-0.1, -0.05) is 6.07 Å². The number of aromatic nitrogens is 4. The van der Waals surface area contributed by atoms with E-state index in [0.29, 0.717) is 5.69 Å². The van der Waals surface area contributed by atoms with Crippen molar-refractivity contribution in [2.75, 3.05) is 11.9 Å². The summed E-state index contributed by atoms with van der Waals surface area (Å²) in [6.45, 7) is -0.482. The first-order valence-electron chi connectivity index (χ1n) is 7.18. The molecule has 0 spiro atoms. The number of tetrazole rings is 1. The molecule has 0 aliphatic carbocycles. The second-order valence-electron chi connectivity index (χ2n) is 4.94. The predicted octanol–water partition coefficient (Wildman–Crippen LogP) is 1.60. The van der Waals surface area contributed by atoms with Crippen molar-refractivity contribution in [1.29, 1.82) is 0 Å².